The molecule has 0 aromatic carbocycles. The molecule has 0 fully saturated rings. The van der Waals surface area contributed by atoms with Crippen LogP contribution in [-0.2, 0) is 16.1 Å². The van der Waals surface area contributed by atoms with Crippen molar-refractivity contribution in [3.63, 3.8) is 0 Å². The van der Waals surface area contributed by atoms with Crippen molar-refractivity contribution in [3.8, 4) is 0 Å². The fraction of sp³-hybridized carbons (Fsp3) is 0.500. The van der Waals surface area contributed by atoms with Crippen LogP contribution < -0.4 is 5.56 Å². The van der Waals surface area contributed by atoms with E-state index in [0.29, 0.717) is 13.2 Å². The Morgan fingerprint density at radius 3 is 2.94 bits per heavy atom. The van der Waals surface area contributed by atoms with E-state index in [4.69, 9.17) is 4.74 Å². The molecule has 0 N–H and O–H groups in total. The minimum atomic E-state index is -0.246. The average molecular weight is 223 g/mol. The van der Waals surface area contributed by atoms with Crippen molar-refractivity contribution in [2.45, 2.75) is 32.7 Å². The van der Waals surface area contributed by atoms with Gasteiger partial charge in [0.2, 0.25) is 0 Å². The normalized spacial score (nSPS) is 10.1. The number of nitrogens with zero attached hydrogens (tertiary/aromatic N) is 1. The lowest BCUT2D eigenvalue weighted by Gasteiger charge is -2.05. The van der Waals surface area contributed by atoms with Gasteiger partial charge in [0.05, 0.1) is 13.0 Å². The Kier molecular flexibility index (Phi) is 5.32. The zero-order valence-corrected chi connectivity index (χ0v) is 9.52. The summed E-state index contributed by atoms with van der Waals surface area (Å²) in [6, 6.07) is 4.92. The SMILES string of the molecule is CCCCOC(=O)CCn1ccccc1=O. The van der Waals surface area contributed by atoms with Crippen LogP contribution in [0.15, 0.2) is 29.2 Å². The van der Waals surface area contributed by atoms with Gasteiger partial charge in [-0.3, -0.25) is 9.59 Å². The Morgan fingerprint density at radius 2 is 2.25 bits per heavy atom. The summed E-state index contributed by atoms with van der Waals surface area (Å²) in [6.07, 6.45) is 3.80. The van der Waals surface area contributed by atoms with Gasteiger partial charge < -0.3 is 9.30 Å². The van der Waals surface area contributed by atoms with E-state index >= 15 is 0 Å². The summed E-state index contributed by atoms with van der Waals surface area (Å²) in [7, 11) is 0. The lowest BCUT2D eigenvalue weighted by Crippen LogP contribution is -2.20. The average Bonchev–Trinajstić information content (AvgIpc) is 2.28. The molecule has 4 heteroatoms. The summed E-state index contributed by atoms with van der Waals surface area (Å²) in [5.74, 6) is -0.246. The number of pyridine rings is 1. The molecule has 1 aromatic rings. The molecule has 1 aromatic heterocycles. The van der Waals surface area contributed by atoms with E-state index < -0.39 is 0 Å². The third kappa shape index (κ3) is 4.29. The number of esters is 1. The molecule has 1 heterocycles. The van der Waals surface area contributed by atoms with Crippen molar-refractivity contribution in [1.29, 1.82) is 0 Å². The van der Waals surface area contributed by atoms with Crippen LogP contribution >= 0.6 is 0 Å². The second kappa shape index (κ2) is 6.82. The number of aryl methyl sites for hydroxylation is 1. The molecule has 0 radical (unpaired) electrons. The predicted octanol–water partition coefficient (Wildman–Crippen LogP) is 1.58. The van der Waals surface area contributed by atoms with Crippen molar-refractivity contribution in [2.24, 2.45) is 0 Å². The van der Waals surface area contributed by atoms with Crippen LogP contribution in [0.2, 0.25) is 0 Å². The Labute approximate surface area is 94.9 Å². The number of hydrogen-bond donors (Lipinski definition) is 0. The molecule has 0 aliphatic carbocycles. The van der Waals surface area contributed by atoms with Crippen molar-refractivity contribution in [1.82, 2.24) is 4.57 Å². The van der Waals surface area contributed by atoms with Crippen molar-refractivity contribution < 1.29 is 9.53 Å². The third-order valence-electron chi connectivity index (χ3n) is 2.22. The number of aromatic nitrogens is 1. The Hall–Kier alpha value is -1.58. The van der Waals surface area contributed by atoms with Gasteiger partial charge in [0, 0.05) is 18.8 Å². The molecule has 4 nitrogen and oxygen atoms in total. The van der Waals surface area contributed by atoms with E-state index in [1.807, 2.05) is 6.92 Å². The lowest BCUT2D eigenvalue weighted by molar-refractivity contribution is -0.144. The number of rotatable bonds is 6. The monoisotopic (exact) mass is 223 g/mol. The maximum atomic E-state index is 11.3. The topological polar surface area (TPSA) is 48.3 Å². The van der Waals surface area contributed by atoms with E-state index in [1.54, 1.807) is 18.3 Å². The van der Waals surface area contributed by atoms with E-state index in [0.717, 1.165) is 12.8 Å². The number of carbonyl (C=O) groups is 1. The minimum absolute atomic E-state index is 0.0936. The zero-order chi connectivity index (χ0) is 11.8. The molecule has 16 heavy (non-hydrogen) atoms. The molecule has 0 aliphatic rings. The molecular weight excluding hydrogens is 206 g/mol. The van der Waals surface area contributed by atoms with Gasteiger partial charge in [-0.2, -0.15) is 0 Å². The first-order valence-corrected chi connectivity index (χ1v) is 5.55. The Balaban J connectivity index is 2.32. The first-order valence-electron chi connectivity index (χ1n) is 5.55. The van der Waals surface area contributed by atoms with Gasteiger partial charge in [-0.15, -0.1) is 0 Å². The molecule has 0 aliphatic heterocycles. The van der Waals surface area contributed by atoms with Gasteiger partial charge in [-0.1, -0.05) is 19.4 Å². The number of unbranched alkanes of at least 4 members (excludes halogenated alkanes) is 1. The second-order valence-electron chi connectivity index (χ2n) is 3.56. The summed E-state index contributed by atoms with van der Waals surface area (Å²) in [6.45, 7) is 2.89. The third-order valence-corrected chi connectivity index (χ3v) is 2.22. The van der Waals surface area contributed by atoms with Gasteiger partial charge in [0.15, 0.2) is 0 Å². The largest absolute Gasteiger partial charge is 0.466 e. The first kappa shape index (κ1) is 12.5. The molecule has 0 atom stereocenters. The van der Waals surface area contributed by atoms with Crippen LogP contribution in [0.1, 0.15) is 26.2 Å². The predicted molar refractivity (Wildman–Crippen MR) is 61.2 cm³/mol. The zero-order valence-electron chi connectivity index (χ0n) is 9.52. The van der Waals surface area contributed by atoms with Crippen molar-refractivity contribution >= 4 is 5.97 Å². The van der Waals surface area contributed by atoms with Crippen LogP contribution in [0.3, 0.4) is 0 Å². The second-order valence-corrected chi connectivity index (χ2v) is 3.56. The van der Waals surface area contributed by atoms with Crippen molar-refractivity contribution in [3.05, 3.63) is 34.7 Å². The van der Waals surface area contributed by atoms with Gasteiger partial charge in [0.25, 0.3) is 5.56 Å². The molecule has 0 saturated heterocycles. The van der Waals surface area contributed by atoms with Crippen LogP contribution in [0.4, 0.5) is 0 Å². The van der Waals surface area contributed by atoms with Crippen LogP contribution in [-0.4, -0.2) is 17.1 Å². The molecule has 0 bridgehead atoms. The molecule has 0 spiro atoms. The molecule has 88 valence electrons. The maximum Gasteiger partial charge on any atom is 0.307 e. The van der Waals surface area contributed by atoms with Gasteiger partial charge >= 0.3 is 5.97 Å². The van der Waals surface area contributed by atoms with E-state index in [2.05, 4.69) is 0 Å². The number of carbonyl (C=O) groups excluding carboxylic acids is 1. The number of ether oxygens (including phenoxy) is 1. The highest BCUT2D eigenvalue weighted by atomic mass is 16.5. The van der Waals surface area contributed by atoms with Crippen LogP contribution in [0, 0.1) is 0 Å². The number of hydrogen-bond acceptors (Lipinski definition) is 3. The Morgan fingerprint density at radius 1 is 1.44 bits per heavy atom. The standard InChI is InChI=1S/C12H17NO3/c1-2-3-10-16-12(15)7-9-13-8-5-4-6-11(13)14/h4-6,8H,2-3,7,9-10H2,1H3. The van der Waals surface area contributed by atoms with Gasteiger partial charge in [0.1, 0.15) is 0 Å². The van der Waals surface area contributed by atoms with Crippen LogP contribution in [0.5, 0.6) is 0 Å². The molecule has 0 amide bonds. The molecule has 0 unspecified atom stereocenters. The highest BCUT2D eigenvalue weighted by molar-refractivity contribution is 5.69. The van der Waals surface area contributed by atoms with Crippen LogP contribution in [0.25, 0.3) is 0 Å². The quantitative estimate of drug-likeness (QED) is 0.543. The summed E-state index contributed by atoms with van der Waals surface area (Å²) >= 11 is 0. The minimum Gasteiger partial charge on any atom is -0.466 e. The molecule has 1 rings (SSSR count). The van der Waals surface area contributed by atoms with Gasteiger partial charge in [-0.05, 0) is 12.5 Å². The van der Waals surface area contributed by atoms with Gasteiger partial charge in [-0.25, -0.2) is 0 Å². The maximum absolute atomic E-state index is 11.3. The molecule has 0 saturated carbocycles. The first-order chi connectivity index (χ1) is 7.74. The highest BCUT2D eigenvalue weighted by Gasteiger charge is 2.03. The smallest absolute Gasteiger partial charge is 0.307 e. The summed E-state index contributed by atoms with van der Waals surface area (Å²) in [5.41, 5.74) is -0.0936. The fourth-order valence-electron chi connectivity index (χ4n) is 1.26. The summed E-state index contributed by atoms with van der Waals surface area (Å²) in [5, 5.41) is 0. The summed E-state index contributed by atoms with van der Waals surface area (Å²) < 4.78 is 6.49. The summed E-state index contributed by atoms with van der Waals surface area (Å²) in [4.78, 5) is 22.6. The lowest BCUT2D eigenvalue weighted by atomic mass is 10.3. The van der Waals surface area contributed by atoms with E-state index in [1.165, 1.54) is 10.6 Å². The van der Waals surface area contributed by atoms with E-state index in [-0.39, 0.29) is 17.9 Å². The highest BCUT2D eigenvalue weighted by Crippen LogP contribution is 1.94. The Bertz CT molecular complexity index is 384. The van der Waals surface area contributed by atoms with Crippen molar-refractivity contribution in [2.75, 3.05) is 6.61 Å². The van der Waals surface area contributed by atoms with E-state index in [9.17, 15) is 9.59 Å². The fourth-order valence-corrected chi connectivity index (χ4v) is 1.26. The molecular formula is C12H17NO3.